The topological polar surface area (TPSA) is 34.1 Å². The lowest BCUT2D eigenvalue weighted by atomic mass is 9.87. The zero-order valence-electron chi connectivity index (χ0n) is 13.3. The average molecular weight is 314 g/mol. The smallest absolute Gasteiger partial charge is 0.163 e. The maximum Gasteiger partial charge on any atom is 0.163 e. The summed E-state index contributed by atoms with van der Waals surface area (Å²) in [5, 5.41) is 2.20. The van der Waals surface area contributed by atoms with Gasteiger partial charge in [0.15, 0.2) is 5.78 Å². The van der Waals surface area contributed by atoms with Crippen LogP contribution in [0.4, 0.5) is 0 Å². The number of Topliss-reactive ketones (excluding diaryl/α,β-unsaturated/α-hetero) is 1. The van der Waals surface area contributed by atoms with Crippen molar-refractivity contribution in [2.45, 2.75) is 18.8 Å². The van der Waals surface area contributed by atoms with Gasteiger partial charge in [-0.3, -0.25) is 4.79 Å². The van der Waals surface area contributed by atoms with Crippen LogP contribution in [0.2, 0.25) is 0 Å². The number of hydrogen-bond donors (Lipinski definition) is 0. The minimum absolute atomic E-state index is 0.00216. The van der Waals surface area contributed by atoms with Gasteiger partial charge in [-0.1, -0.05) is 60.7 Å². The van der Waals surface area contributed by atoms with Crippen molar-refractivity contribution in [2.75, 3.05) is 0 Å². The molecule has 0 spiro atoms. The highest BCUT2D eigenvalue weighted by Gasteiger charge is 2.33. The van der Waals surface area contributed by atoms with E-state index in [0.717, 1.165) is 34.6 Å². The van der Waals surface area contributed by atoms with Gasteiger partial charge in [0.2, 0.25) is 0 Å². The Hall–Kier alpha value is -2.74. The third-order valence-electron chi connectivity index (χ3n) is 5.08. The Kier molecular flexibility index (Phi) is 3.73. The Bertz CT molecular complexity index is 926. The molecule has 24 heavy (non-hydrogen) atoms. The molecule has 3 aromatic carbocycles. The van der Waals surface area contributed by atoms with Gasteiger partial charge in [0, 0.05) is 23.8 Å². The first kappa shape index (κ1) is 14.8. The van der Waals surface area contributed by atoms with Crippen LogP contribution in [-0.2, 0) is 11.2 Å². The van der Waals surface area contributed by atoms with Crippen LogP contribution in [0.5, 0.6) is 0 Å². The summed E-state index contributed by atoms with van der Waals surface area (Å²) in [7, 11) is 0. The number of rotatable bonds is 4. The van der Waals surface area contributed by atoms with Gasteiger partial charge in [0.1, 0.15) is 6.29 Å². The monoisotopic (exact) mass is 314 g/mol. The van der Waals surface area contributed by atoms with E-state index >= 15 is 0 Å². The first-order valence-corrected chi connectivity index (χ1v) is 8.31. The summed E-state index contributed by atoms with van der Waals surface area (Å²) in [5.74, 6) is 0.0128. The van der Waals surface area contributed by atoms with Gasteiger partial charge in [0.25, 0.3) is 0 Å². The van der Waals surface area contributed by atoms with Crippen molar-refractivity contribution >= 4 is 22.8 Å². The average Bonchev–Trinajstić information content (AvgIpc) is 2.99. The molecule has 0 unspecified atom stereocenters. The number of aldehydes is 1. The van der Waals surface area contributed by atoms with E-state index in [9.17, 15) is 9.59 Å². The van der Waals surface area contributed by atoms with Crippen LogP contribution in [0.1, 0.15) is 33.8 Å². The second-order valence-electron chi connectivity index (χ2n) is 6.50. The van der Waals surface area contributed by atoms with Crippen molar-refractivity contribution in [1.29, 1.82) is 0 Å². The summed E-state index contributed by atoms with van der Waals surface area (Å²) in [5.41, 5.74) is 3.08. The van der Waals surface area contributed by atoms with E-state index in [4.69, 9.17) is 0 Å². The van der Waals surface area contributed by atoms with Crippen molar-refractivity contribution < 1.29 is 9.59 Å². The molecule has 3 aromatic rings. The number of carbonyl (C=O) groups is 2. The summed E-state index contributed by atoms with van der Waals surface area (Å²) >= 11 is 0. The minimum atomic E-state index is -0.0909. The Morgan fingerprint density at radius 1 is 0.958 bits per heavy atom. The summed E-state index contributed by atoms with van der Waals surface area (Å²) in [6, 6.07) is 22.0. The van der Waals surface area contributed by atoms with Crippen LogP contribution in [0, 0.1) is 5.92 Å². The second-order valence-corrected chi connectivity index (χ2v) is 6.50. The van der Waals surface area contributed by atoms with Crippen LogP contribution < -0.4 is 0 Å². The maximum absolute atomic E-state index is 12.8. The molecule has 1 aliphatic rings. The largest absolute Gasteiger partial charge is 0.303 e. The molecular formula is C22H18O2. The van der Waals surface area contributed by atoms with E-state index in [2.05, 4.69) is 12.1 Å². The van der Waals surface area contributed by atoms with Crippen LogP contribution in [0.3, 0.4) is 0 Å². The van der Waals surface area contributed by atoms with Gasteiger partial charge in [-0.2, -0.15) is 0 Å². The molecule has 0 amide bonds. The fraction of sp³-hybridized carbons (Fsp3) is 0.182. The minimum Gasteiger partial charge on any atom is -0.303 e. The van der Waals surface area contributed by atoms with E-state index in [-0.39, 0.29) is 17.6 Å². The number of ketones is 1. The number of hydrogen-bond acceptors (Lipinski definition) is 2. The second kappa shape index (κ2) is 6.04. The number of carbonyl (C=O) groups excluding carboxylic acids is 2. The summed E-state index contributed by atoms with van der Waals surface area (Å²) in [4.78, 5) is 24.3. The Labute approximate surface area is 141 Å². The van der Waals surface area contributed by atoms with E-state index < -0.39 is 0 Å². The lowest BCUT2D eigenvalue weighted by molar-refractivity contribution is -0.111. The molecule has 0 radical (unpaired) electrons. The number of benzene rings is 3. The molecule has 0 heterocycles. The molecule has 2 nitrogen and oxygen atoms in total. The molecule has 0 saturated carbocycles. The van der Waals surface area contributed by atoms with Crippen LogP contribution in [0.25, 0.3) is 10.8 Å². The molecule has 2 atom stereocenters. The third-order valence-corrected chi connectivity index (χ3v) is 5.08. The first-order valence-electron chi connectivity index (χ1n) is 8.31. The Balaban J connectivity index is 1.63. The SMILES string of the molecule is O=C[C@@H]1Cc2ccccc2[C@H]1CC(=O)c1ccc2ccccc2c1. The van der Waals surface area contributed by atoms with Gasteiger partial charge in [-0.25, -0.2) is 0 Å². The molecular weight excluding hydrogens is 296 g/mol. The molecule has 1 aliphatic carbocycles. The fourth-order valence-electron chi connectivity index (χ4n) is 3.79. The predicted molar refractivity (Wildman–Crippen MR) is 95.3 cm³/mol. The predicted octanol–water partition coefficient (Wildman–Crippen LogP) is 4.57. The molecule has 0 fully saturated rings. The first-order chi connectivity index (χ1) is 11.8. The van der Waals surface area contributed by atoms with E-state index in [1.807, 2.05) is 54.6 Å². The quantitative estimate of drug-likeness (QED) is 0.522. The van der Waals surface area contributed by atoms with Crippen LogP contribution >= 0.6 is 0 Å². The summed E-state index contributed by atoms with van der Waals surface area (Å²) in [6.07, 6.45) is 2.15. The Morgan fingerprint density at radius 2 is 1.71 bits per heavy atom. The zero-order valence-corrected chi connectivity index (χ0v) is 13.3. The lowest BCUT2D eigenvalue weighted by Crippen LogP contribution is -2.14. The van der Waals surface area contributed by atoms with Gasteiger partial charge in [-0.05, 0) is 34.4 Å². The van der Waals surface area contributed by atoms with Gasteiger partial charge in [0.05, 0.1) is 0 Å². The third kappa shape index (κ3) is 2.54. The molecule has 0 bridgehead atoms. The fourth-order valence-corrected chi connectivity index (χ4v) is 3.79. The van der Waals surface area contributed by atoms with Gasteiger partial charge < -0.3 is 4.79 Å². The molecule has 0 saturated heterocycles. The van der Waals surface area contributed by atoms with E-state index in [1.54, 1.807) is 0 Å². The molecule has 0 aliphatic heterocycles. The Morgan fingerprint density at radius 3 is 2.54 bits per heavy atom. The molecule has 2 heteroatoms. The molecule has 118 valence electrons. The van der Waals surface area contributed by atoms with Gasteiger partial charge in [-0.15, -0.1) is 0 Å². The highest BCUT2D eigenvalue weighted by Crippen LogP contribution is 2.39. The maximum atomic E-state index is 12.8. The summed E-state index contributed by atoms with van der Waals surface area (Å²) < 4.78 is 0. The highest BCUT2D eigenvalue weighted by molar-refractivity contribution is 6.00. The molecule has 0 N–H and O–H groups in total. The van der Waals surface area contributed by atoms with Crippen molar-refractivity contribution in [3.8, 4) is 0 Å². The summed E-state index contributed by atoms with van der Waals surface area (Å²) in [6.45, 7) is 0. The van der Waals surface area contributed by atoms with Gasteiger partial charge >= 0.3 is 0 Å². The van der Waals surface area contributed by atoms with E-state index in [1.165, 1.54) is 5.56 Å². The van der Waals surface area contributed by atoms with Crippen molar-refractivity contribution in [3.63, 3.8) is 0 Å². The zero-order chi connectivity index (χ0) is 16.5. The molecule has 4 rings (SSSR count). The number of fused-ring (bicyclic) bond motifs is 2. The van der Waals surface area contributed by atoms with E-state index in [0.29, 0.717) is 6.42 Å². The van der Waals surface area contributed by atoms with Crippen LogP contribution in [-0.4, -0.2) is 12.1 Å². The van der Waals surface area contributed by atoms with Crippen molar-refractivity contribution in [1.82, 2.24) is 0 Å². The lowest BCUT2D eigenvalue weighted by Gasteiger charge is -2.15. The van der Waals surface area contributed by atoms with Crippen LogP contribution in [0.15, 0.2) is 66.7 Å². The highest BCUT2D eigenvalue weighted by atomic mass is 16.1. The van der Waals surface area contributed by atoms with Crippen molar-refractivity contribution in [2.24, 2.45) is 5.92 Å². The van der Waals surface area contributed by atoms with Crippen molar-refractivity contribution in [3.05, 3.63) is 83.4 Å². The normalized spacial score (nSPS) is 19.2. The molecule has 0 aromatic heterocycles. The standard InChI is InChI=1S/C22H18O2/c23-14-19-12-17-7-3-4-8-20(17)21(19)13-22(24)18-10-9-15-5-1-2-6-16(15)11-18/h1-11,14,19,21H,12-13H2/t19-,21-/m0/s1.